The minimum Gasteiger partial charge on any atom is -0.480 e. The average molecular weight is 334 g/mol. The van der Waals surface area contributed by atoms with Gasteiger partial charge in [0.15, 0.2) is 0 Å². The summed E-state index contributed by atoms with van der Waals surface area (Å²) in [4.78, 5) is 24.2. The number of nitrogen functional groups attached to an aromatic ring is 1. The summed E-state index contributed by atoms with van der Waals surface area (Å²) < 4.78 is 5.04. The average Bonchev–Trinajstić information content (AvgIpc) is 2.73. The molecule has 1 fully saturated rings. The summed E-state index contributed by atoms with van der Waals surface area (Å²) in [6.45, 7) is 5.55. The molecule has 7 heteroatoms. The molecule has 0 saturated carbocycles. The molecule has 3 rings (SSSR count). The van der Waals surface area contributed by atoms with Crippen LogP contribution in [0.4, 0.5) is 5.88 Å². The van der Waals surface area contributed by atoms with Gasteiger partial charge in [0.25, 0.3) is 0 Å². The summed E-state index contributed by atoms with van der Waals surface area (Å²) in [5.41, 5.74) is 7.42. The molecule has 2 heterocycles. The number of rotatable bonds is 2. The SMILES string of the molecule is Cc1ccc2c(=O)c(C3NC(C(=O)O)C(C)(C)S3)c(N)oc2c1. The molecule has 122 valence electrons. The maximum Gasteiger partial charge on any atom is 0.322 e. The molecular weight excluding hydrogens is 316 g/mol. The van der Waals surface area contributed by atoms with Crippen molar-refractivity contribution in [2.24, 2.45) is 0 Å². The van der Waals surface area contributed by atoms with Gasteiger partial charge in [-0.25, -0.2) is 0 Å². The molecule has 1 saturated heterocycles. The number of aliphatic carboxylic acids is 1. The van der Waals surface area contributed by atoms with Crippen LogP contribution in [0.15, 0.2) is 27.4 Å². The molecule has 6 nitrogen and oxygen atoms in total. The fourth-order valence-corrected chi connectivity index (χ4v) is 4.31. The Kier molecular flexibility index (Phi) is 3.65. The summed E-state index contributed by atoms with van der Waals surface area (Å²) in [5, 5.41) is 12.2. The Morgan fingerprint density at radius 2 is 2.13 bits per heavy atom. The van der Waals surface area contributed by atoms with Gasteiger partial charge in [-0.05, 0) is 38.5 Å². The zero-order valence-corrected chi connectivity index (χ0v) is 13.9. The third kappa shape index (κ3) is 2.60. The van der Waals surface area contributed by atoms with Crippen LogP contribution in [-0.4, -0.2) is 21.9 Å². The van der Waals surface area contributed by atoms with Crippen molar-refractivity contribution < 1.29 is 14.3 Å². The predicted octanol–water partition coefficient (Wildman–Crippen LogP) is 2.25. The Balaban J connectivity index is 2.13. The van der Waals surface area contributed by atoms with Gasteiger partial charge in [-0.2, -0.15) is 0 Å². The summed E-state index contributed by atoms with van der Waals surface area (Å²) in [6, 6.07) is 4.53. The molecule has 0 amide bonds. The molecule has 1 aliphatic heterocycles. The van der Waals surface area contributed by atoms with E-state index in [0.29, 0.717) is 11.0 Å². The van der Waals surface area contributed by atoms with Crippen LogP contribution < -0.4 is 16.5 Å². The van der Waals surface area contributed by atoms with Gasteiger partial charge >= 0.3 is 5.97 Å². The van der Waals surface area contributed by atoms with Crippen LogP contribution >= 0.6 is 11.8 Å². The minimum atomic E-state index is -0.954. The van der Waals surface area contributed by atoms with Crippen molar-refractivity contribution in [2.45, 2.75) is 36.9 Å². The normalized spacial score (nSPS) is 23.3. The van der Waals surface area contributed by atoms with E-state index >= 15 is 0 Å². The predicted molar refractivity (Wildman–Crippen MR) is 90.6 cm³/mol. The quantitative estimate of drug-likeness (QED) is 0.773. The number of fused-ring (bicyclic) bond motifs is 1. The number of nitrogens with two attached hydrogens (primary N) is 1. The highest BCUT2D eigenvalue weighted by molar-refractivity contribution is 8.01. The van der Waals surface area contributed by atoms with Crippen molar-refractivity contribution in [2.75, 3.05) is 5.73 Å². The highest BCUT2D eigenvalue weighted by atomic mass is 32.2. The van der Waals surface area contributed by atoms with E-state index in [9.17, 15) is 14.7 Å². The number of carboxylic acid groups (broad SMARTS) is 1. The second-order valence-electron chi connectivity index (χ2n) is 6.25. The topological polar surface area (TPSA) is 106 Å². The molecule has 0 bridgehead atoms. The summed E-state index contributed by atoms with van der Waals surface area (Å²) in [6.07, 6.45) is 0. The third-order valence-corrected chi connectivity index (χ3v) is 5.51. The van der Waals surface area contributed by atoms with Crippen LogP contribution in [-0.2, 0) is 4.79 Å². The maximum absolute atomic E-state index is 12.8. The fourth-order valence-electron chi connectivity index (χ4n) is 2.85. The number of nitrogens with one attached hydrogen (secondary N) is 1. The van der Waals surface area contributed by atoms with Crippen LogP contribution in [0.3, 0.4) is 0 Å². The Hall–Kier alpha value is -1.99. The first-order chi connectivity index (χ1) is 10.7. The van der Waals surface area contributed by atoms with Crippen LogP contribution in [0, 0.1) is 6.92 Å². The van der Waals surface area contributed by atoms with Gasteiger partial charge in [-0.15, -0.1) is 11.8 Å². The van der Waals surface area contributed by atoms with E-state index in [2.05, 4.69) is 5.32 Å². The fraction of sp³-hybridized carbons (Fsp3) is 0.375. The molecule has 23 heavy (non-hydrogen) atoms. The third-order valence-electron chi connectivity index (χ3n) is 4.06. The van der Waals surface area contributed by atoms with Crippen molar-refractivity contribution >= 4 is 34.6 Å². The van der Waals surface area contributed by atoms with Crippen molar-refractivity contribution in [1.82, 2.24) is 5.32 Å². The molecule has 0 spiro atoms. The second-order valence-corrected chi connectivity index (χ2v) is 8.01. The number of hydrogen-bond donors (Lipinski definition) is 3. The van der Waals surface area contributed by atoms with Crippen LogP contribution in [0.2, 0.25) is 0 Å². The van der Waals surface area contributed by atoms with Crippen molar-refractivity contribution in [3.05, 3.63) is 39.5 Å². The van der Waals surface area contributed by atoms with E-state index in [1.807, 2.05) is 26.8 Å². The van der Waals surface area contributed by atoms with E-state index in [4.69, 9.17) is 10.2 Å². The Labute approximate surface area is 137 Å². The van der Waals surface area contributed by atoms with E-state index in [0.717, 1.165) is 5.56 Å². The van der Waals surface area contributed by atoms with Gasteiger partial charge in [0.2, 0.25) is 11.3 Å². The van der Waals surface area contributed by atoms with E-state index in [1.165, 1.54) is 11.8 Å². The highest BCUT2D eigenvalue weighted by Gasteiger charge is 2.47. The number of benzene rings is 1. The van der Waals surface area contributed by atoms with Gasteiger partial charge in [-0.1, -0.05) is 6.07 Å². The first-order valence-corrected chi connectivity index (χ1v) is 8.08. The molecular formula is C16H18N2O4S. The van der Waals surface area contributed by atoms with Crippen LogP contribution in [0.25, 0.3) is 11.0 Å². The molecule has 2 atom stereocenters. The van der Waals surface area contributed by atoms with E-state index in [1.54, 1.807) is 12.1 Å². The molecule has 1 aliphatic rings. The first kappa shape index (κ1) is 15.9. The molecule has 2 aromatic rings. The standard InChI is InChI=1S/C16H18N2O4S/c1-7-4-5-8-9(6-7)22-13(17)10(11(8)19)14-18-12(15(20)21)16(2,3)23-14/h4-6,12,14,18H,17H2,1-3H3,(H,20,21). The van der Waals surface area contributed by atoms with Gasteiger partial charge in [0.05, 0.1) is 16.3 Å². The minimum absolute atomic E-state index is 0.0277. The zero-order chi connectivity index (χ0) is 16.9. The maximum atomic E-state index is 12.8. The van der Waals surface area contributed by atoms with Crippen LogP contribution in [0.1, 0.15) is 30.3 Å². The number of hydrogen-bond acceptors (Lipinski definition) is 6. The lowest BCUT2D eigenvalue weighted by Gasteiger charge is -2.20. The van der Waals surface area contributed by atoms with E-state index in [-0.39, 0.29) is 16.9 Å². The zero-order valence-electron chi connectivity index (χ0n) is 13.0. The van der Waals surface area contributed by atoms with Crippen molar-refractivity contribution in [3.63, 3.8) is 0 Å². The molecule has 1 aromatic carbocycles. The number of thioether (sulfide) groups is 1. The molecule has 4 N–H and O–H groups in total. The van der Waals surface area contributed by atoms with Gasteiger partial charge < -0.3 is 15.3 Å². The van der Waals surface area contributed by atoms with Crippen molar-refractivity contribution in [1.29, 1.82) is 0 Å². The Bertz CT molecular complexity index is 859. The summed E-state index contributed by atoms with van der Waals surface area (Å²) >= 11 is 1.37. The van der Waals surface area contributed by atoms with Gasteiger partial charge in [0, 0.05) is 4.75 Å². The first-order valence-electron chi connectivity index (χ1n) is 7.20. The smallest absolute Gasteiger partial charge is 0.322 e. The Morgan fingerprint density at radius 3 is 2.74 bits per heavy atom. The summed E-state index contributed by atoms with van der Waals surface area (Å²) in [5.74, 6) is -0.927. The van der Waals surface area contributed by atoms with E-state index < -0.39 is 22.1 Å². The molecule has 0 aliphatic carbocycles. The number of aryl methyl sites for hydroxylation is 1. The number of carbonyl (C=O) groups is 1. The largest absolute Gasteiger partial charge is 0.480 e. The monoisotopic (exact) mass is 334 g/mol. The van der Waals surface area contributed by atoms with Crippen LogP contribution in [0.5, 0.6) is 0 Å². The van der Waals surface area contributed by atoms with Gasteiger partial charge in [0.1, 0.15) is 11.6 Å². The number of anilines is 1. The number of carboxylic acids is 1. The lowest BCUT2D eigenvalue weighted by atomic mass is 10.0. The molecule has 2 unspecified atom stereocenters. The lowest BCUT2D eigenvalue weighted by molar-refractivity contribution is -0.139. The lowest BCUT2D eigenvalue weighted by Crippen LogP contribution is -2.44. The molecule has 1 aromatic heterocycles. The molecule has 0 radical (unpaired) electrons. The Morgan fingerprint density at radius 1 is 1.43 bits per heavy atom. The van der Waals surface area contributed by atoms with Crippen molar-refractivity contribution in [3.8, 4) is 0 Å². The summed E-state index contributed by atoms with van der Waals surface area (Å²) in [7, 11) is 0. The van der Waals surface area contributed by atoms with Gasteiger partial charge in [-0.3, -0.25) is 14.9 Å². The highest BCUT2D eigenvalue weighted by Crippen LogP contribution is 2.46. The second kappa shape index (κ2) is 5.28.